The first-order chi connectivity index (χ1) is 9.59. The molecule has 0 aliphatic rings. The van der Waals surface area contributed by atoms with Crippen LogP contribution in [0.15, 0.2) is 47.4 Å². The average Bonchev–Trinajstić information content (AvgIpc) is 2.37. The van der Waals surface area contributed by atoms with Crippen LogP contribution >= 0.6 is 0 Å². The summed E-state index contributed by atoms with van der Waals surface area (Å²) in [4.78, 5) is -0.0806. The van der Waals surface area contributed by atoms with E-state index in [1.165, 1.54) is 17.7 Å². The summed E-state index contributed by atoms with van der Waals surface area (Å²) in [5, 5.41) is 0. The van der Waals surface area contributed by atoms with Crippen molar-refractivity contribution in [2.24, 2.45) is 0 Å². The van der Waals surface area contributed by atoms with Crippen molar-refractivity contribution < 1.29 is 13.0 Å². The topological polar surface area (TPSA) is 54.4 Å². The summed E-state index contributed by atoms with van der Waals surface area (Å²) in [5.41, 5.74) is 4.00. The molecule has 2 aromatic rings. The summed E-state index contributed by atoms with van der Waals surface area (Å²) in [6, 6.07) is 12.7. The van der Waals surface area contributed by atoms with Crippen LogP contribution in [0.2, 0.25) is 0 Å². The molecule has 0 atom stereocenters. The lowest BCUT2D eigenvalue weighted by Crippen LogP contribution is -2.10. The van der Waals surface area contributed by atoms with E-state index in [1.54, 1.807) is 6.07 Å². The van der Waals surface area contributed by atoms with Gasteiger partial charge in [0.05, 0.1) is 4.90 Å². The third kappa shape index (κ3) is 3.52. The summed E-state index contributed by atoms with van der Waals surface area (Å²) < 4.78 is 31.7. The normalized spacial score (nSPS) is 12.4. The van der Waals surface area contributed by atoms with E-state index in [0.29, 0.717) is 0 Å². The van der Waals surface area contributed by atoms with Crippen LogP contribution < -0.4 is 0 Å². The van der Waals surface area contributed by atoms with Crippen LogP contribution in [0.1, 0.15) is 31.9 Å². The Morgan fingerprint density at radius 2 is 1.52 bits per heavy atom. The molecule has 0 spiro atoms. The highest BCUT2D eigenvalue weighted by atomic mass is 32.2. The molecule has 0 saturated carbocycles. The fraction of sp³-hybridized carbons (Fsp3) is 0.294. The van der Waals surface area contributed by atoms with Crippen LogP contribution in [0.3, 0.4) is 0 Å². The van der Waals surface area contributed by atoms with Crippen LogP contribution in [0, 0.1) is 6.92 Å². The van der Waals surface area contributed by atoms with Gasteiger partial charge in [-0.1, -0.05) is 51.1 Å². The molecular weight excluding hydrogens is 284 g/mol. The molecule has 3 nitrogen and oxygen atoms in total. The first-order valence-electron chi connectivity index (χ1n) is 6.78. The molecule has 2 aromatic carbocycles. The second kappa shape index (κ2) is 5.28. The second-order valence-electron chi connectivity index (χ2n) is 6.28. The molecule has 0 aromatic heterocycles. The molecule has 0 bridgehead atoms. The summed E-state index contributed by atoms with van der Waals surface area (Å²) in [6.45, 7) is 8.35. The lowest BCUT2D eigenvalue weighted by Gasteiger charge is -2.19. The van der Waals surface area contributed by atoms with Crippen molar-refractivity contribution in [1.82, 2.24) is 0 Å². The van der Waals surface area contributed by atoms with Crippen molar-refractivity contribution in [1.29, 1.82) is 0 Å². The molecule has 2 rings (SSSR count). The molecule has 21 heavy (non-hydrogen) atoms. The highest BCUT2D eigenvalue weighted by molar-refractivity contribution is 7.85. The third-order valence-corrected chi connectivity index (χ3v) is 4.42. The van der Waals surface area contributed by atoms with Crippen LogP contribution in [0.25, 0.3) is 11.1 Å². The van der Waals surface area contributed by atoms with Crippen LogP contribution in [0.4, 0.5) is 0 Å². The monoisotopic (exact) mass is 304 g/mol. The van der Waals surface area contributed by atoms with E-state index in [4.69, 9.17) is 0 Å². The Kier molecular flexibility index (Phi) is 3.95. The van der Waals surface area contributed by atoms with Gasteiger partial charge >= 0.3 is 0 Å². The Labute approximate surface area is 126 Å². The molecule has 0 heterocycles. The highest BCUT2D eigenvalue weighted by Gasteiger charge is 2.15. The largest absolute Gasteiger partial charge is 0.294 e. The van der Waals surface area contributed by atoms with Crippen LogP contribution in [-0.2, 0) is 15.5 Å². The number of rotatable bonds is 2. The average molecular weight is 304 g/mol. The van der Waals surface area contributed by atoms with Crippen molar-refractivity contribution in [3.8, 4) is 11.1 Å². The van der Waals surface area contributed by atoms with Gasteiger partial charge in [-0.2, -0.15) is 8.42 Å². The van der Waals surface area contributed by atoms with Gasteiger partial charge in [0.25, 0.3) is 10.1 Å². The minimum absolute atomic E-state index is 0.0733. The maximum absolute atomic E-state index is 11.3. The molecule has 0 saturated heterocycles. The molecule has 0 fully saturated rings. The maximum Gasteiger partial charge on any atom is 0.294 e. The molecule has 4 heteroatoms. The SMILES string of the molecule is Cc1ccc(S(=O)(=O)O)cc1-c1ccc(C(C)(C)C)cc1. The predicted octanol–water partition coefficient (Wildman–Crippen LogP) is 4.21. The molecule has 112 valence electrons. The quantitative estimate of drug-likeness (QED) is 0.846. The van der Waals surface area contributed by atoms with Gasteiger partial charge in [-0.3, -0.25) is 4.55 Å². The Balaban J connectivity index is 2.52. The van der Waals surface area contributed by atoms with E-state index in [1.807, 2.05) is 19.1 Å². The van der Waals surface area contributed by atoms with Gasteiger partial charge < -0.3 is 0 Å². The third-order valence-electron chi connectivity index (χ3n) is 3.57. The van der Waals surface area contributed by atoms with E-state index in [0.717, 1.165) is 16.7 Å². The van der Waals surface area contributed by atoms with Gasteiger partial charge in [0.15, 0.2) is 0 Å². The van der Waals surface area contributed by atoms with Gasteiger partial charge in [-0.05, 0) is 46.7 Å². The first-order valence-corrected chi connectivity index (χ1v) is 8.22. The molecular formula is C17H20O3S. The number of hydrogen-bond donors (Lipinski definition) is 1. The van der Waals surface area contributed by atoms with Crippen LogP contribution in [0.5, 0.6) is 0 Å². The maximum atomic E-state index is 11.3. The minimum atomic E-state index is -4.18. The molecule has 0 unspecified atom stereocenters. The van der Waals surface area contributed by atoms with E-state index in [-0.39, 0.29) is 10.3 Å². The number of benzene rings is 2. The van der Waals surface area contributed by atoms with Gasteiger partial charge in [0, 0.05) is 0 Å². The van der Waals surface area contributed by atoms with Gasteiger partial charge in [0.2, 0.25) is 0 Å². The van der Waals surface area contributed by atoms with E-state index >= 15 is 0 Å². The summed E-state index contributed by atoms with van der Waals surface area (Å²) in [7, 11) is -4.18. The summed E-state index contributed by atoms with van der Waals surface area (Å²) >= 11 is 0. The first kappa shape index (κ1) is 15.7. The van der Waals surface area contributed by atoms with Gasteiger partial charge in [-0.15, -0.1) is 0 Å². The van der Waals surface area contributed by atoms with Crippen molar-refractivity contribution in [2.75, 3.05) is 0 Å². The Bertz CT molecular complexity index is 752. The lowest BCUT2D eigenvalue weighted by atomic mass is 9.86. The van der Waals surface area contributed by atoms with Gasteiger partial charge in [0.1, 0.15) is 0 Å². The number of hydrogen-bond acceptors (Lipinski definition) is 2. The Hall–Kier alpha value is -1.65. The molecule has 0 radical (unpaired) electrons. The summed E-state index contributed by atoms with van der Waals surface area (Å²) in [6.07, 6.45) is 0. The zero-order valence-electron chi connectivity index (χ0n) is 12.7. The number of aryl methyl sites for hydroxylation is 1. The molecule has 0 aliphatic carbocycles. The fourth-order valence-electron chi connectivity index (χ4n) is 2.22. The second-order valence-corrected chi connectivity index (χ2v) is 7.70. The van der Waals surface area contributed by atoms with Crippen molar-refractivity contribution in [3.05, 3.63) is 53.6 Å². The highest BCUT2D eigenvalue weighted by Crippen LogP contribution is 2.29. The fourth-order valence-corrected chi connectivity index (χ4v) is 2.73. The van der Waals surface area contributed by atoms with E-state index in [9.17, 15) is 13.0 Å². The molecule has 0 amide bonds. The van der Waals surface area contributed by atoms with E-state index < -0.39 is 10.1 Å². The Morgan fingerprint density at radius 1 is 0.952 bits per heavy atom. The van der Waals surface area contributed by atoms with Crippen LogP contribution in [-0.4, -0.2) is 13.0 Å². The lowest BCUT2D eigenvalue weighted by molar-refractivity contribution is 0.483. The predicted molar refractivity (Wildman–Crippen MR) is 85.1 cm³/mol. The molecule has 0 aliphatic heterocycles. The van der Waals surface area contributed by atoms with Crippen molar-refractivity contribution >= 4 is 10.1 Å². The minimum Gasteiger partial charge on any atom is -0.282 e. The zero-order valence-corrected chi connectivity index (χ0v) is 13.5. The van der Waals surface area contributed by atoms with Crippen molar-refractivity contribution in [2.45, 2.75) is 38.0 Å². The zero-order chi connectivity index (χ0) is 15.8. The Morgan fingerprint density at radius 3 is 2.00 bits per heavy atom. The van der Waals surface area contributed by atoms with Gasteiger partial charge in [-0.25, -0.2) is 0 Å². The smallest absolute Gasteiger partial charge is 0.282 e. The summed E-state index contributed by atoms with van der Waals surface area (Å²) in [5.74, 6) is 0. The standard InChI is InChI=1S/C17H20O3S/c1-12-5-10-15(21(18,19)20)11-16(12)13-6-8-14(9-7-13)17(2,3)4/h5-11H,1-4H3,(H,18,19,20). The van der Waals surface area contributed by atoms with Crippen molar-refractivity contribution in [3.63, 3.8) is 0 Å². The van der Waals surface area contributed by atoms with E-state index in [2.05, 4.69) is 32.9 Å². The molecule has 1 N–H and O–H groups in total.